The molecule has 2 aromatic rings. The van der Waals surface area contributed by atoms with E-state index in [0.717, 1.165) is 17.0 Å². The van der Waals surface area contributed by atoms with E-state index in [9.17, 15) is 22.8 Å². The van der Waals surface area contributed by atoms with Gasteiger partial charge in [0, 0.05) is 18.9 Å². The number of rotatable bonds is 4. The third kappa shape index (κ3) is 2.93. The maximum absolute atomic E-state index is 13.0. The van der Waals surface area contributed by atoms with E-state index in [4.69, 9.17) is 0 Å². The molecule has 26 heavy (non-hydrogen) atoms. The molecule has 6 nitrogen and oxygen atoms in total. The molecular weight excluding hydrogens is 349 g/mol. The lowest BCUT2D eigenvalue weighted by atomic mass is 9.90. The molecule has 1 aliphatic heterocycles. The predicted molar refractivity (Wildman–Crippen MR) is 85.8 cm³/mol. The van der Waals surface area contributed by atoms with Crippen LogP contribution in [-0.4, -0.2) is 26.4 Å². The smallest absolute Gasteiger partial charge is 0.334 e. The van der Waals surface area contributed by atoms with Crippen molar-refractivity contribution in [3.05, 3.63) is 53.6 Å². The van der Waals surface area contributed by atoms with Crippen molar-refractivity contribution in [2.45, 2.75) is 38.7 Å². The number of urea groups is 1. The summed E-state index contributed by atoms with van der Waals surface area (Å²) in [6.07, 6.45) is -1.26. The third-order valence-corrected chi connectivity index (χ3v) is 4.48. The monoisotopic (exact) mass is 366 g/mol. The van der Waals surface area contributed by atoms with Crippen molar-refractivity contribution in [2.75, 3.05) is 0 Å². The molecule has 1 fully saturated rings. The Balaban J connectivity index is 1.92. The van der Waals surface area contributed by atoms with Crippen LogP contribution in [0.5, 0.6) is 0 Å². The van der Waals surface area contributed by atoms with Gasteiger partial charge >= 0.3 is 12.2 Å². The van der Waals surface area contributed by atoms with Crippen molar-refractivity contribution in [3.8, 4) is 0 Å². The van der Waals surface area contributed by atoms with E-state index in [0.29, 0.717) is 12.4 Å². The highest BCUT2D eigenvalue weighted by Gasteiger charge is 2.49. The fourth-order valence-electron chi connectivity index (χ4n) is 2.96. The molecule has 0 bridgehead atoms. The second-order valence-corrected chi connectivity index (χ2v) is 6.15. The number of carbonyl (C=O) groups is 2. The van der Waals surface area contributed by atoms with Gasteiger partial charge in [0.25, 0.3) is 5.91 Å². The molecular formula is C17H17F3N4O2. The SMILES string of the molecule is CCn1ccnc1CN1C(=O)NC(C)(c2cccc(C(F)(F)F)c2)C1=O. The van der Waals surface area contributed by atoms with Crippen molar-refractivity contribution in [1.82, 2.24) is 19.8 Å². The summed E-state index contributed by atoms with van der Waals surface area (Å²) in [5, 5.41) is 2.51. The van der Waals surface area contributed by atoms with Crippen LogP contribution in [0.2, 0.25) is 0 Å². The van der Waals surface area contributed by atoms with Gasteiger partial charge in [0.15, 0.2) is 0 Å². The number of nitrogens with one attached hydrogen (secondary N) is 1. The van der Waals surface area contributed by atoms with Crippen LogP contribution in [0.15, 0.2) is 36.7 Å². The van der Waals surface area contributed by atoms with Gasteiger partial charge in [-0.25, -0.2) is 9.78 Å². The van der Waals surface area contributed by atoms with Crippen LogP contribution in [0.4, 0.5) is 18.0 Å². The highest BCUT2D eigenvalue weighted by molar-refractivity contribution is 6.07. The standard InChI is InChI=1S/C17H17F3N4O2/c1-3-23-8-7-21-13(23)10-24-14(25)16(2,22-15(24)26)11-5-4-6-12(9-11)17(18,19)20/h4-9H,3,10H2,1-2H3,(H,22,26). The number of hydrogen-bond donors (Lipinski definition) is 1. The van der Waals surface area contributed by atoms with Crippen LogP contribution in [0.25, 0.3) is 0 Å². The van der Waals surface area contributed by atoms with Gasteiger partial charge in [0.05, 0.1) is 12.1 Å². The minimum Gasteiger partial charge on any atom is -0.334 e. The summed E-state index contributed by atoms with van der Waals surface area (Å²) in [6, 6.07) is 3.75. The lowest BCUT2D eigenvalue weighted by Crippen LogP contribution is -2.41. The summed E-state index contributed by atoms with van der Waals surface area (Å²) in [4.78, 5) is 30.3. The number of hydrogen-bond acceptors (Lipinski definition) is 3. The van der Waals surface area contributed by atoms with Crippen LogP contribution in [0.3, 0.4) is 0 Å². The van der Waals surface area contributed by atoms with Gasteiger partial charge in [-0.3, -0.25) is 9.69 Å². The van der Waals surface area contributed by atoms with Crippen molar-refractivity contribution < 1.29 is 22.8 Å². The van der Waals surface area contributed by atoms with Crippen molar-refractivity contribution in [3.63, 3.8) is 0 Å². The number of imide groups is 1. The van der Waals surface area contributed by atoms with Gasteiger partial charge < -0.3 is 9.88 Å². The second-order valence-electron chi connectivity index (χ2n) is 6.15. The van der Waals surface area contributed by atoms with E-state index in [2.05, 4.69) is 10.3 Å². The largest absolute Gasteiger partial charge is 0.416 e. The van der Waals surface area contributed by atoms with Crippen LogP contribution in [0, 0.1) is 0 Å². The number of aromatic nitrogens is 2. The van der Waals surface area contributed by atoms with Crippen molar-refractivity contribution in [1.29, 1.82) is 0 Å². The number of halogens is 3. The first kappa shape index (κ1) is 18.0. The molecule has 0 saturated carbocycles. The summed E-state index contributed by atoms with van der Waals surface area (Å²) in [5.41, 5.74) is -2.37. The summed E-state index contributed by atoms with van der Waals surface area (Å²) in [7, 11) is 0. The normalized spacial score (nSPS) is 20.6. The van der Waals surface area contributed by atoms with E-state index in [1.54, 1.807) is 17.0 Å². The molecule has 1 saturated heterocycles. The van der Waals surface area contributed by atoms with E-state index in [-0.39, 0.29) is 12.1 Å². The number of aryl methyl sites for hydroxylation is 1. The number of imidazole rings is 1. The fraction of sp³-hybridized carbons (Fsp3) is 0.353. The van der Waals surface area contributed by atoms with Gasteiger partial charge in [-0.15, -0.1) is 0 Å². The maximum atomic E-state index is 13.0. The maximum Gasteiger partial charge on any atom is 0.416 e. The molecule has 0 spiro atoms. The second kappa shape index (κ2) is 6.15. The van der Waals surface area contributed by atoms with Crippen LogP contribution < -0.4 is 5.32 Å². The number of alkyl halides is 3. The zero-order valence-electron chi connectivity index (χ0n) is 14.2. The lowest BCUT2D eigenvalue weighted by molar-refractivity contribution is -0.138. The minimum absolute atomic E-state index is 0.0555. The highest BCUT2D eigenvalue weighted by Crippen LogP contribution is 2.34. The van der Waals surface area contributed by atoms with Gasteiger partial charge in [-0.1, -0.05) is 12.1 Å². The van der Waals surface area contributed by atoms with Crippen LogP contribution in [0.1, 0.15) is 30.8 Å². The molecule has 138 valence electrons. The van der Waals surface area contributed by atoms with Gasteiger partial charge in [0.2, 0.25) is 0 Å². The Hall–Kier alpha value is -2.84. The average Bonchev–Trinajstić information content (AvgIpc) is 3.13. The van der Waals surface area contributed by atoms with Crippen LogP contribution >= 0.6 is 0 Å². The first-order valence-corrected chi connectivity index (χ1v) is 7.98. The molecule has 3 amide bonds. The topological polar surface area (TPSA) is 67.2 Å². The highest BCUT2D eigenvalue weighted by atomic mass is 19.4. The van der Waals surface area contributed by atoms with E-state index >= 15 is 0 Å². The van der Waals surface area contributed by atoms with Gasteiger partial charge in [0.1, 0.15) is 11.4 Å². The Kier molecular flexibility index (Phi) is 4.25. The Morgan fingerprint density at radius 1 is 1.27 bits per heavy atom. The van der Waals surface area contributed by atoms with Gasteiger partial charge in [-0.05, 0) is 31.5 Å². The lowest BCUT2D eigenvalue weighted by Gasteiger charge is -2.23. The Morgan fingerprint density at radius 2 is 2.00 bits per heavy atom. The quantitative estimate of drug-likeness (QED) is 0.846. The summed E-state index contributed by atoms with van der Waals surface area (Å²) < 4.78 is 40.7. The molecule has 9 heteroatoms. The third-order valence-electron chi connectivity index (χ3n) is 4.48. The zero-order chi connectivity index (χ0) is 19.1. The minimum atomic E-state index is -4.54. The first-order valence-electron chi connectivity index (χ1n) is 7.98. The summed E-state index contributed by atoms with van der Waals surface area (Å²) in [6.45, 7) is 3.85. The molecule has 1 atom stereocenters. The molecule has 0 radical (unpaired) electrons. The number of benzene rings is 1. The van der Waals surface area contributed by atoms with Crippen LogP contribution in [-0.2, 0) is 29.6 Å². The number of carbonyl (C=O) groups excluding carboxylic acids is 2. The predicted octanol–water partition coefficient (Wildman–Crippen LogP) is 2.89. The molecule has 0 aliphatic carbocycles. The average molecular weight is 366 g/mol. The summed E-state index contributed by atoms with van der Waals surface area (Å²) >= 11 is 0. The first-order chi connectivity index (χ1) is 12.2. The van der Waals surface area contributed by atoms with E-state index in [1.807, 2.05) is 6.92 Å². The molecule has 1 aromatic heterocycles. The zero-order valence-corrected chi connectivity index (χ0v) is 14.2. The Labute approximate surface area is 147 Å². The number of amides is 3. The van der Waals surface area contributed by atoms with Crippen molar-refractivity contribution >= 4 is 11.9 Å². The molecule has 1 aliphatic rings. The van der Waals surface area contributed by atoms with E-state index < -0.39 is 29.2 Å². The van der Waals surface area contributed by atoms with E-state index in [1.165, 1.54) is 19.1 Å². The Bertz CT molecular complexity index is 862. The van der Waals surface area contributed by atoms with Crippen molar-refractivity contribution in [2.24, 2.45) is 0 Å². The molecule has 2 heterocycles. The van der Waals surface area contributed by atoms with Gasteiger partial charge in [-0.2, -0.15) is 13.2 Å². The molecule has 1 unspecified atom stereocenters. The molecule has 1 aromatic carbocycles. The molecule has 1 N–H and O–H groups in total. The molecule has 3 rings (SSSR count). The Morgan fingerprint density at radius 3 is 2.65 bits per heavy atom. The number of nitrogens with zero attached hydrogens (tertiary/aromatic N) is 3. The fourth-order valence-corrected chi connectivity index (χ4v) is 2.96. The summed E-state index contributed by atoms with van der Waals surface area (Å²) in [5.74, 6) is -0.100.